The van der Waals surface area contributed by atoms with Crippen molar-refractivity contribution in [2.75, 3.05) is 20.6 Å². The Morgan fingerprint density at radius 3 is 2.53 bits per heavy atom. The molecule has 0 amide bonds. The summed E-state index contributed by atoms with van der Waals surface area (Å²) >= 11 is 0. The van der Waals surface area contributed by atoms with E-state index >= 15 is 0 Å². The van der Waals surface area contributed by atoms with E-state index in [1.807, 2.05) is 14.0 Å². The van der Waals surface area contributed by atoms with Gasteiger partial charge in [-0.3, -0.25) is 0 Å². The van der Waals surface area contributed by atoms with Gasteiger partial charge >= 0.3 is 0 Å². The lowest BCUT2D eigenvalue weighted by Crippen LogP contribution is -2.44. The van der Waals surface area contributed by atoms with Crippen LogP contribution in [0, 0.1) is 11.3 Å². The molecular formula is C12H25N3. The van der Waals surface area contributed by atoms with E-state index in [2.05, 4.69) is 37.2 Å². The first-order chi connectivity index (χ1) is 6.99. The van der Waals surface area contributed by atoms with Gasteiger partial charge in [-0.25, -0.2) is 0 Å². The van der Waals surface area contributed by atoms with Crippen LogP contribution in [0.4, 0.5) is 0 Å². The van der Waals surface area contributed by atoms with Gasteiger partial charge in [-0.05, 0) is 47.3 Å². The molecule has 0 heterocycles. The van der Waals surface area contributed by atoms with Gasteiger partial charge in [0.05, 0.1) is 6.07 Å². The first kappa shape index (κ1) is 14.4. The first-order valence-corrected chi connectivity index (χ1v) is 5.79. The third kappa shape index (κ3) is 5.15. The van der Waals surface area contributed by atoms with Gasteiger partial charge in [-0.15, -0.1) is 0 Å². The maximum Gasteiger partial charge on any atom is 0.105 e. The first-order valence-electron chi connectivity index (χ1n) is 5.79. The highest BCUT2D eigenvalue weighted by molar-refractivity contribution is 5.04. The fourth-order valence-electron chi connectivity index (χ4n) is 1.58. The summed E-state index contributed by atoms with van der Waals surface area (Å²) in [7, 11) is 3.98. The molecule has 0 radical (unpaired) electrons. The average Bonchev–Trinajstić information content (AvgIpc) is 2.25. The molecule has 0 bridgehead atoms. The molecule has 0 aliphatic heterocycles. The molecule has 0 saturated carbocycles. The van der Waals surface area contributed by atoms with E-state index in [1.54, 1.807) is 0 Å². The lowest BCUT2D eigenvalue weighted by molar-refractivity contribution is 0.214. The van der Waals surface area contributed by atoms with Gasteiger partial charge < -0.3 is 10.2 Å². The SMILES string of the molecule is CCCCN(C)C(C)CC(C)(C#N)NC. The van der Waals surface area contributed by atoms with Crippen LogP contribution in [0.3, 0.4) is 0 Å². The van der Waals surface area contributed by atoms with E-state index in [1.165, 1.54) is 12.8 Å². The zero-order valence-corrected chi connectivity index (χ0v) is 10.8. The summed E-state index contributed by atoms with van der Waals surface area (Å²) in [5, 5.41) is 12.1. The third-order valence-electron chi connectivity index (χ3n) is 3.12. The highest BCUT2D eigenvalue weighted by Crippen LogP contribution is 2.14. The molecule has 0 spiro atoms. The Morgan fingerprint density at radius 2 is 2.13 bits per heavy atom. The number of unbranched alkanes of at least 4 members (excludes halogenated alkanes) is 1. The summed E-state index contributed by atoms with van der Waals surface area (Å²) < 4.78 is 0. The molecule has 0 aromatic rings. The molecule has 2 atom stereocenters. The van der Waals surface area contributed by atoms with Crippen LogP contribution in [0.25, 0.3) is 0 Å². The molecule has 3 heteroatoms. The second-order valence-electron chi connectivity index (χ2n) is 4.58. The number of nitriles is 1. The Morgan fingerprint density at radius 1 is 1.53 bits per heavy atom. The van der Waals surface area contributed by atoms with E-state index < -0.39 is 5.54 Å². The normalized spacial score (nSPS) is 17.1. The molecule has 0 aliphatic carbocycles. The third-order valence-corrected chi connectivity index (χ3v) is 3.12. The number of rotatable bonds is 7. The second kappa shape index (κ2) is 6.81. The minimum atomic E-state index is -0.403. The molecule has 3 nitrogen and oxygen atoms in total. The van der Waals surface area contributed by atoms with Crippen LogP contribution in [0.1, 0.15) is 40.0 Å². The van der Waals surface area contributed by atoms with Crippen LogP contribution in [-0.2, 0) is 0 Å². The Bertz CT molecular complexity index is 209. The smallest absolute Gasteiger partial charge is 0.105 e. The molecule has 0 aliphatic rings. The molecule has 0 saturated heterocycles. The van der Waals surface area contributed by atoms with Gasteiger partial charge in [-0.1, -0.05) is 13.3 Å². The maximum absolute atomic E-state index is 9.06. The summed E-state index contributed by atoms with van der Waals surface area (Å²) in [5.41, 5.74) is -0.403. The molecule has 0 fully saturated rings. The van der Waals surface area contributed by atoms with Crippen molar-refractivity contribution in [1.82, 2.24) is 10.2 Å². The van der Waals surface area contributed by atoms with Crippen molar-refractivity contribution in [2.45, 2.75) is 51.6 Å². The lowest BCUT2D eigenvalue weighted by atomic mass is 9.95. The van der Waals surface area contributed by atoms with Gasteiger partial charge in [0.15, 0.2) is 0 Å². The van der Waals surface area contributed by atoms with Gasteiger partial charge in [0, 0.05) is 6.04 Å². The van der Waals surface area contributed by atoms with E-state index in [0.717, 1.165) is 13.0 Å². The van der Waals surface area contributed by atoms with Crippen molar-refractivity contribution in [3.63, 3.8) is 0 Å². The molecular weight excluding hydrogens is 186 g/mol. The minimum absolute atomic E-state index is 0.403. The lowest BCUT2D eigenvalue weighted by Gasteiger charge is -2.30. The van der Waals surface area contributed by atoms with Crippen molar-refractivity contribution in [3.8, 4) is 6.07 Å². The fraction of sp³-hybridized carbons (Fsp3) is 0.917. The van der Waals surface area contributed by atoms with E-state index in [9.17, 15) is 0 Å². The maximum atomic E-state index is 9.06. The monoisotopic (exact) mass is 211 g/mol. The van der Waals surface area contributed by atoms with Crippen molar-refractivity contribution in [1.29, 1.82) is 5.26 Å². The largest absolute Gasteiger partial charge is 0.304 e. The van der Waals surface area contributed by atoms with E-state index in [4.69, 9.17) is 5.26 Å². The average molecular weight is 211 g/mol. The Kier molecular flexibility index (Phi) is 6.55. The molecule has 88 valence electrons. The standard InChI is InChI=1S/C12H25N3/c1-6-7-8-15(5)11(2)9-12(3,10-13)14-4/h11,14H,6-9H2,1-5H3. The van der Waals surface area contributed by atoms with Crippen LogP contribution in [0.2, 0.25) is 0 Å². The topological polar surface area (TPSA) is 39.1 Å². The van der Waals surface area contributed by atoms with Gasteiger partial charge in [-0.2, -0.15) is 5.26 Å². The molecule has 2 unspecified atom stereocenters. The molecule has 15 heavy (non-hydrogen) atoms. The number of hydrogen-bond donors (Lipinski definition) is 1. The molecule has 0 aromatic carbocycles. The number of nitrogens with one attached hydrogen (secondary N) is 1. The Labute approximate surface area is 94.5 Å². The summed E-state index contributed by atoms with van der Waals surface area (Å²) in [4.78, 5) is 2.33. The summed E-state index contributed by atoms with van der Waals surface area (Å²) in [5.74, 6) is 0. The van der Waals surface area contributed by atoms with Crippen LogP contribution in [0.5, 0.6) is 0 Å². The minimum Gasteiger partial charge on any atom is -0.304 e. The zero-order chi connectivity index (χ0) is 11.9. The summed E-state index contributed by atoms with van der Waals surface area (Å²) in [6.07, 6.45) is 3.31. The second-order valence-corrected chi connectivity index (χ2v) is 4.58. The summed E-state index contributed by atoms with van der Waals surface area (Å²) in [6, 6.07) is 2.77. The van der Waals surface area contributed by atoms with Crippen molar-refractivity contribution >= 4 is 0 Å². The fourth-order valence-corrected chi connectivity index (χ4v) is 1.58. The van der Waals surface area contributed by atoms with Gasteiger partial charge in [0.1, 0.15) is 5.54 Å². The highest BCUT2D eigenvalue weighted by atomic mass is 15.1. The predicted octanol–water partition coefficient (Wildman–Crippen LogP) is 2.00. The zero-order valence-electron chi connectivity index (χ0n) is 10.8. The molecule has 1 N–H and O–H groups in total. The van der Waals surface area contributed by atoms with Gasteiger partial charge in [0.25, 0.3) is 0 Å². The van der Waals surface area contributed by atoms with E-state index in [0.29, 0.717) is 6.04 Å². The number of nitrogens with zero attached hydrogens (tertiary/aromatic N) is 2. The van der Waals surface area contributed by atoms with Crippen LogP contribution in [-0.4, -0.2) is 37.1 Å². The van der Waals surface area contributed by atoms with Crippen molar-refractivity contribution < 1.29 is 0 Å². The molecule has 0 aromatic heterocycles. The number of hydrogen-bond acceptors (Lipinski definition) is 3. The van der Waals surface area contributed by atoms with E-state index in [-0.39, 0.29) is 0 Å². The van der Waals surface area contributed by atoms with Crippen molar-refractivity contribution in [3.05, 3.63) is 0 Å². The van der Waals surface area contributed by atoms with Crippen LogP contribution in [0.15, 0.2) is 0 Å². The Balaban J connectivity index is 4.11. The Hall–Kier alpha value is -0.590. The highest BCUT2D eigenvalue weighted by Gasteiger charge is 2.25. The quantitative estimate of drug-likeness (QED) is 0.700. The predicted molar refractivity (Wildman–Crippen MR) is 64.7 cm³/mol. The van der Waals surface area contributed by atoms with Gasteiger partial charge in [0.2, 0.25) is 0 Å². The van der Waals surface area contributed by atoms with Crippen LogP contribution >= 0.6 is 0 Å². The van der Waals surface area contributed by atoms with Crippen molar-refractivity contribution in [2.24, 2.45) is 0 Å². The molecule has 0 rings (SSSR count). The van der Waals surface area contributed by atoms with Crippen LogP contribution < -0.4 is 5.32 Å². The summed E-state index contributed by atoms with van der Waals surface area (Å²) in [6.45, 7) is 7.45.